The van der Waals surface area contributed by atoms with Gasteiger partial charge in [-0.05, 0) is 50.7 Å². The first-order valence-corrected chi connectivity index (χ1v) is 7.53. The molecule has 1 unspecified atom stereocenters. The van der Waals surface area contributed by atoms with Crippen molar-refractivity contribution in [1.29, 1.82) is 0 Å². The number of nitrogens with two attached hydrogens (primary N) is 1. The molecule has 19 heavy (non-hydrogen) atoms. The van der Waals surface area contributed by atoms with E-state index in [9.17, 15) is 4.79 Å². The van der Waals surface area contributed by atoms with Crippen molar-refractivity contribution in [2.75, 3.05) is 33.7 Å². The summed E-state index contributed by atoms with van der Waals surface area (Å²) < 4.78 is 0. The van der Waals surface area contributed by atoms with Gasteiger partial charge < -0.3 is 10.6 Å². The fraction of sp³-hybridized carbons (Fsp3) is 0.933. The van der Waals surface area contributed by atoms with Gasteiger partial charge in [0.1, 0.15) is 0 Å². The van der Waals surface area contributed by atoms with E-state index >= 15 is 0 Å². The van der Waals surface area contributed by atoms with Crippen LogP contribution in [0.5, 0.6) is 0 Å². The normalized spacial score (nSPS) is 20.8. The fourth-order valence-electron chi connectivity index (χ4n) is 2.69. The maximum Gasteiger partial charge on any atom is 0.239 e. The molecule has 0 bridgehead atoms. The Morgan fingerprint density at radius 1 is 1.37 bits per heavy atom. The van der Waals surface area contributed by atoms with Gasteiger partial charge in [0.25, 0.3) is 0 Å². The third-order valence-electron chi connectivity index (χ3n) is 4.19. The molecule has 0 aromatic carbocycles. The molecule has 1 amide bonds. The molecule has 4 heteroatoms. The Kier molecular flexibility index (Phi) is 6.27. The van der Waals surface area contributed by atoms with Crippen LogP contribution in [0, 0.1) is 5.41 Å². The molecule has 1 aliphatic heterocycles. The molecule has 0 aliphatic carbocycles. The van der Waals surface area contributed by atoms with Gasteiger partial charge in [0.2, 0.25) is 5.91 Å². The number of hydrogen-bond donors (Lipinski definition) is 1. The Morgan fingerprint density at radius 2 is 2.05 bits per heavy atom. The topological polar surface area (TPSA) is 49.6 Å². The van der Waals surface area contributed by atoms with E-state index in [-0.39, 0.29) is 17.4 Å². The van der Waals surface area contributed by atoms with Gasteiger partial charge in [-0.25, -0.2) is 0 Å². The average molecular weight is 269 g/mol. The van der Waals surface area contributed by atoms with Crippen LogP contribution < -0.4 is 5.73 Å². The van der Waals surface area contributed by atoms with Gasteiger partial charge in [-0.2, -0.15) is 0 Å². The van der Waals surface area contributed by atoms with Crippen LogP contribution in [0.15, 0.2) is 0 Å². The van der Waals surface area contributed by atoms with Crippen molar-refractivity contribution < 1.29 is 4.79 Å². The third kappa shape index (κ3) is 5.11. The minimum atomic E-state index is 0.123. The molecule has 112 valence electrons. The van der Waals surface area contributed by atoms with Gasteiger partial charge in [0.15, 0.2) is 0 Å². The summed E-state index contributed by atoms with van der Waals surface area (Å²) in [5.74, 6) is 0.264. The Morgan fingerprint density at radius 3 is 2.63 bits per heavy atom. The molecule has 1 fully saturated rings. The van der Waals surface area contributed by atoms with Crippen molar-refractivity contribution in [3.63, 3.8) is 0 Å². The van der Waals surface area contributed by atoms with Crippen LogP contribution in [0.3, 0.4) is 0 Å². The quantitative estimate of drug-likeness (QED) is 0.716. The number of hydrogen-bond acceptors (Lipinski definition) is 3. The van der Waals surface area contributed by atoms with E-state index in [0.29, 0.717) is 0 Å². The summed E-state index contributed by atoms with van der Waals surface area (Å²) in [5, 5.41) is 0. The van der Waals surface area contributed by atoms with Crippen LogP contribution in [-0.4, -0.2) is 55.5 Å². The highest BCUT2D eigenvalue weighted by molar-refractivity contribution is 5.81. The van der Waals surface area contributed by atoms with Crippen molar-refractivity contribution in [1.82, 2.24) is 9.80 Å². The third-order valence-corrected chi connectivity index (χ3v) is 4.19. The summed E-state index contributed by atoms with van der Waals surface area (Å²) in [4.78, 5) is 16.1. The molecular formula is C15H31N3O. The monoisotopic (exact) mass is 269 g/mol. The molecule has 0 spiro atoms. The van der Waals surface area contributed by atoms with E-state index < -0.39 is 0 Å². The van der Waals surface area contributed by atoms with Gasteiger partial charge in [-0.1, -0.05) is 20.3 Å². The Bertz CT molecular complexity index is 289. The molecule has 4 nitrogen and oxygen atoms in total. The minimum Gasteiger partial charge on any atom is -0.347 e. The molecule has 0 aromatic rings. The summed E-state index contributed by atoms with van der Waals surface area (Å²) in [7, 11) is 3.70. The predicted octanol–water partition coefficient (Wildman–Crippen LogP) is 1.69. The van der Waals surface area contributed by atoms with E-state index in [1.54, 1.807) is 4.90 Å². The first-order chi connectivity index (χ1) is 8.87. The van der Waals surface area contributed by atoms with Gasteiger partial charge in [0.05, 0.1) is 6.04 Å². The van der Waals surface area contributed by atoms with Crippen molar-refractivity contribution in [2.45, 2.75) is 52.0 Å². The molecule has 0 aromatic heterocycles. The number of carbonyl (C=O) groups excluding carboxylic acids is 1. The van der Waals surface area contributed by atoms with E-state index in [1.165, 1.54) is 19.3 Å². The average Bonchev–Trinajstić information content (AvgIpc) is 2.81. The lowest BCUT2D eigenvalue weighted by atomic mass is 9.87. The second-order valence-corrected chi connectivity index (χ2v) is 6.75. The highest BCUT2D eigenvalue weighted by atomic mass is 16.2. The predicted molar refractivity (Wildman–Crippen MR) is 80.0 cm³/mol. The first kappa shape index (κ1) is 16.4. The maximum atomic E-state index is 12.1. The number of likely N-dealkylation sites (N-methyl/N-ethyl adjacent to an activating group) is 1. The SMILES string of the molecule is CN(C)C(=O)C1CCCN1CCCCC(C)(C)CN. The molecule has 1 saturated heterocycles. The van der Waals surface area contributed by atoms with Crippen LogP contribution in [0.25, 0.3) is 0 Å². The zero-order valence-corrected chi connectivity index (χ0v) is 13.1. The summed E-state index contributed by atoms with van der Waals surface area (Å²) in [5.41, 5.74) is 6.00. The summed E-state index contributed by atoms with van der Waals surface area (Å²) in [6.07, 6.45) is 5.71. The molecule has 1 heterocycles. The first-order valence-electron chi connectivity index (χ1n) is 7.53. The lowest BCUT2D eigenvalue weighted by Crippen LogP contribution is -2.43. The molecule has 1 aliphatic rings. The molecule has 0 radical (unpaired) electrons. The molecule has 2 N–H and O–H groups in total. The summed E-state index contributed by atoms with van der Waals surface area (Å²) >= 11 is 0. The van der Waals surface area contributed by atoms with Crippen molar-refractivity contribution >= 4 is 5.91 Å². The molecule has 0 saturated carbocycles. The summed E-state index contributed by atoms with van der Waals surface area (Å²) in [6, 6.07) is 0.123. The zero-order chi connectivity index (χ0) is 14.5. The summed E-state index contributed by atoms with van der Waals surface area (Å²) in [6.45, 7) is 7.32. The van der Waals surface area contributed by atoms with E-state index in [2.05, 4.69) is 18.7 Å². The zero-order valence-electron chi connectivity index (χ0n) is 13.1. The Labute approximate surface area is 118 Å². The largest absolute Gasteiger partial charge is 0.347 e. The molecule has 1 rings (SSSR count). The van der Waals surface area contributed by atoms with E-state index in [0.717, 1.165) is 32.5 Å². The van der Waals surface area contributed by atoms with E-state index in [1.807, 2.05) is 14.1 Å². The van der Waals surface area contributed by atoms with Crippen molar-refractivity contribution in [3.8, 4) is 0 Å². The maximum absolute atomic E-state index is 12.1. The number of carbonyl (C=O) groups is 1. The van der Waals surface area contributed by atoms with E-state index in [4.69, 9.17) is 5.73 Å². The van der Waals surface area contributed by atoms with Crippen LogP contribution in [0.4, 0.5) is 0 Å². The Balaban J connectivity index is 2.30. The Hall–Kier alpha value is -0.610. The highest BCUT2D eigenvalue weighted by Gasteiger charge is 2.31. The number of unbranched alkanes of at least 4 members (excludes halogenated alkanes) is 1. The second-order valence-electron chi connectivity index (χ2n) is 6.75. The van der Waals surface area contributed by atoms with Crippen molar-refractivity contribution in [2.24, 2.45) is 11.1 Å². The fourth-order valence-corrected chi connectivity index (χ4v) is 2.69. The van der Waals surface area contributed by atoms with Crippen LogP contribution in [0.1, 0.15) is 46.0 Å². The van der Waals surface area contributed by atoms with Gasteiger partial charge in [0, 0.05) is 14.1 Å². The lowest BCUT2D eigenvalue weighted by Gasteiger charge is -2.27. The van der Waals surface area contributed by atoms with Crippen LogP contribution in [0.2, 0.25) is 0 Å². The highest BCUT2D eigenvalue weighted by Crippen LogP contribution is 2.23. The number of amides is 1. The van der Waals surface area contributed by atoms with Crippen LogP contribution in [-0.2, 0) is 4.79 Å². The second kappa shape index (κ2) is 7.25. The van der Waals surface area contributed by atoms with Gasteiger partial charge in [-0.15, -0.1) is 0 Å². The number of rotatable bonds is 7. The number of likely N-dealkylation sites (tertiary alicyclic amines) is 1. The standard InChI is InChI=1S/C15H31N3O/c1-15(2,12-16)9-5-6-10-18-11-7-8-13(18)14(19)17(3)4/h13H,5-12,16H2,1-4H3. The minimum absolute atomic E-state index is 0.123. The van der Waals surface area contributed by atoms with Crippen molar-refractivity contribution in [3.05, 3.63) is 0 Å². The lowest BCUT2D eigenvalue weighted by molar-refractivity contribution is -0.133. The van der Waals surface area contributed by atoms with Gasteiger partial charge in [-0.3, -0.25) is 9.69 Å². The number of nitrogens with zero attached hydrogens (tertiary/aromatic N) is 2. The smallest absolute Gasteiger partial charge is 0.239 e. The molecule has 1 atom stereocenters. The van der Waals surface area contributed by atoms with Gasteiger partial charge >= 0.3 is 0 Å². The molecular weight excluding hydrogens is 238 g/mol. The van der Waals surface area contributed by atoms with Crippen LogP contribution >= 0.6 is 0 Å².